The Labute approximate surface area is 174 Å². The van der Waals surface area contributed by atoms with Crippen LogP contribution in [0.3, 0.4) is 0 Å². The van der Waals surface area contributed by atoms with E-state index in [0.717, 1.165) is 44.1 Å². The Morgan fingerprint density at radius 1 is 1.24 bits per heavy atom. The summed E-state index contributed by atoms with van der Waals surface area (Å²) in [6.45, 7) is 13.1. The molecule has 5 nitrogen and oxygen atoms in total. The van der Waals surface area contributed by atoms with E-state index >= 15 is 0 Å². The fourth-order valence-corrected chi connectivity index (χ4v) is 9.42. The van der Waals surface area contributed by atoms with Crippen molar-refractivity contribution in [3.63, 3.8) is 0 Å². The van der Waals surface area contributed by atoms with Gasteiger partial charge in [-0.3, -0.25) is 9.59 Å². The Kier molecular flexibility index (Phi) is 3.93. The minimum Gasteiger partial charge on any atom is -0.469 e. The van der Waals surface area contributed by atoms with Gasteiger partial charge in [-0.1, -0.05) is 6.58 Å². The van der Waals surface area contributed by atoms with Crippen LogP contribution in [0.15, 0.2) is 12.2 Å². The number of fused-ring (bicyclic) bond motifs is 1. The first kappa shape index (κ1) is 19.8. The van der Waals surface area contributed by atoms with Gasteiger partial charge < -0.3 is 13.9 Å². The van der Waals surface area contributed by atoms with Gasteiger partial charge in [-0.05, 0) is 76.6 Å². The molecular weight excluding hydrogens is 384 g/mol. The van der Waals surface area contributed by atoms with E-state index in [4.69, 9.17) is 13.9 Å². The molecule has 0 aromatic rings. The summed E-state index contributed by atoms with van der Waals surface area (Å²) in [6.07, 6.45) is 5.42. The number of ether oxygens (including phenoxy) is 2. The zero-order chi connectivity index (χ0) is 21.0. The number of hydrogen-bond donors (Lipinski definition) is 0. The third-order valence-corrected chi connectivity index (χ3v) is 10.00. The van der Waals surface area contributed by atoms with Crippen molar-refractivity contribution in [1.29, 1.82) is 0 Å². The number of rotatable bonds is 3. The van der Waals surface area contributed by atoms with E-state index in [9.17, 15) is 9.59 Å². The van der Waals surface area contributed by atoms with Crippen LogP contribution in [-0.4, -0.2) is 39.1 Å². The zero-order valence-electron chi connectivity index (χ0n) is 18.4. The van der Waals surface area contributed by atoms with Crippen LogP contribution in [0.4, 0.5) is 0 Å². The fourth-order valence-electron chi connectivity index (χ4n) is 8.34. The molecule has 5 aliphatic rings. The predicted octanol–water partition coefficient (Wildman–Crippen LogP) is 4.08. The van der Waals surface area contributed by atoms with E-state index < -0.39 is 19.3 Å². The molecule has 0 radical (unpaired) electrons. The summed E-state index contributed by atoms with van der Waals surface area (Å²) < 4.78 is 18.6. The van der Waals surface area contributed by atoms with E-state index in [1.807, 2.05) is 6.92 Å². The van der Waals surface area contributed by atoms with Crippen molar-refractivity contribution in [3.05, 3.63) is 12.2 Å². The Morgan fingerprint density at radius 2 is 1.97 bits per heavy atom. The number of carbonyl (C=O) groups is 2. The molecule has 4 saturated carbocycles. The highest BCUT2D eigenvalue weighted by Gasteiger charge is 2.83. The molecule has 4 bridgehead atoms. The lowest BCUT2D eigenvalue weighted by molar-refractivity contribution is -0.165. The maximum atomic E-state index is 13.4. The summed E-state index contributed by atoms with van der Waals surface area (Å²) in [5.41, 5.74) is -0.345. The highest BCUT2D eigenvalue weighted by atomic mass is 28.4. The molecule has 1 saturated heterocycles. The highest BCUT2D eigenvalue weighted by Crippen LogP contribution is 2.78. The molecule has 1 spiro atoms. The molecule has 0 amide bonds. The third-order valence-electron chi connectivity index (χ3n) is 9.06. The first-order chi connectivity index (χ1) is 13.5. The first-order valence-electron chi connectivity index (χ1n) is 11.2. The molecule has 0 unspecified atom stereocenters. The lowest BCUT2D eigenvalue weighted by Crippen LogP contribution is -2.51. The Hall–Kier alpha value is -1.14. The molecule has 1 heterocycles. The van der Waals surface area contributed by atoms with Gasteiger partial charge in [0.15, 0.2) is 8.32 Å². The number of carbonyl (C=O) groups excluding carboxylic acids is 2. The van der Waals surface area contributed by atoms with Crippen molar-refractivity contribution < 1.29 is 23.5 Å². The molecular formula is C23H34O5Si. The van der Waals surface area contributed by atoms with Crippen molar-refractivity contribution in [1.82, 2.24) is 0 Å². The van der Waals surface area contributed by atoms with Crippen molar-refractivity contribution >= 4 is 20.3 Å². The van der Waals surface area contributed by atoms with E-state index in [2.05, 4.69) is 26.2 Å². The smallest absolute Gasteiger partial charge is 0.312 e. The topological polar surface area (TPSA) is 61.8 Å². The molecule has 0 aromatic carbocycles. The molecule has 29 heavy (non-hydrogen) atoms. The number of esters is 2. The van der Waals surface area contributed by atoms with Gasteiger partial charge >= 0.3 is 11.9 Å². The van der Waals surface area contributed by atoms with Crippen LogP contribution in [0.2, 0.25) is 19.6 Å². The molecule has 0 aromatic heterocycles. The quantitative estimate of drug-likeness (QED) is 0.393. The average Bonchev–Trinajstić information content (AvgIpc) is 3.06. The fraction of sp³-hybridized carbons (Fsp3) is 0.826. The average molecular weight is 419 g/mol. The van der Waals surface area contributed by atoms with Crippen LogP contribution in [0.25, 0.3) is 0 Å². The second-order valence-corrected chi connectivity index (χ2v) is 15.9. The van der Waals surface area contributed by atoms with E-state index in [-0.39, 0.29) is 41.2 Å². The van der Waals surface area contributed by atoms with Crippen molar-refractivity contribution in [2.75, 3.05) is 7.11 Å². The van der Waals surface area contributed by atoms with Gasteiger partial charge in [-0.2, -0.15) is 0 Å². The monoisotopic (exact) mass is 418 g/mol. The van der Waals surface area contributed by atoms with Crippen LogP contribution in [-0.2, 0) is 23.5 Å². The Bertz CT molecular complexity index is 802. The SMILES string of the molecule is C=C1[C@@H]2CC[C@@H]3[C@@]45CCC[C@@](C)(C(=O)O4)[C@H]5[C@H](C(=O)OC)[C@]3(C2)[C@H]1O[Si](C)(C)C. The van der Waals surface area contributed by atoms with Gasteiger partial charge in [-0.25, -0.2) is 0 Å². The van der Waals surface area contributed by atoms with Gasteiger partial charge in [0.2, 0.25) is 0 Å². The molecule has 1 aliphatic heterocycles. The highest BCUT2D eigenvalue weighted by molar-refractivity contribution is 6.69. The second-order valence-electron chi connectivity index (χ2n) is 11.4. The first-order valence-corrected chi connectivity index (χ1v) is 14.6. The van der Waals surface area contributed by atoms with Crippen LogP contribution in [0, 0.1) is 34.5 Å². The van der Waals surface area contributed by atoms with Crippen LogP contribution < -0.4 is 0 Å². The maximum Gasteiger partial charge on any atom is 0.312 e. The van der Waals surface area contributed by atoms with E-state index in [1.54, 1.807) is 0 Å². The van der Waals surface area contributed by atoms with Gasteiger partial charge in [0.25, 0.3) is 0 Å². The molecule has 6 heteroatoms. The third kappa shape index (κ3) is 2.20. The minimum absolute atomic E-state index is 0.106. The largest absolute Gasteiger partial charge is 0.469 e. The summed E-state index contributed by atoms with van der Waals surface area (Å²) in [5, 5.41) is 0. The molecule has 4 aliphatic carbocycles. The van der Waals surface area contributed by atoms with Crippen LogP contribution in [0.5, 0.6) is 0 Å². The summed E-state index contributed by atoms with van der Waals surface area (Å²) in [4.78, 5) is 26.5. The second kappa shape index (κ2) is 5.76. The van der Waals surface area contributed by atoms with E-state index in [0.29, 0.717) is 5.92 Å². The lowest BCUT2D eigenvalue weighted by Gasteiger charge is -2.47. The number of hydrogen-bond acceptors (Lipinski definition) is 5. The summed E-state index contributed by atoms with van der Waals surface area (Å²) in [5.74, 6) is -0.243. The van der Waals surface area contributed by atoms with Gasteiger partial charge in [0.05, 0.1) is 24.5 Å². The normalized spacial score (nSPS) is 50.2. The van der Waals surface area contributed by atoms with Crippen molar-refractivity contribution in [2.24, 2.45) is 34.5 Å². The molecule has 5 fully saturated rings. The Balaban J connectivity index is 1.74. The molecule has 160 valence electrons. The van der Waals surface area contributed by atoms with E-state index in [1.165, 1.54) is 7.11 Å². The summed E-state index contributed by atoms with van der Waals surface area (Å²) in [7, 11) is -0.409. The molecule has 8 atom stereocenters. The zero-order valence-corrected chi connectivity index (χ0v) is 19.4. The van der Waals surface area contributed by atoms with Crippen molar-refractivity contribution in [3.8, 4) is 0 Å². The van der Waals surface area contributed by atoms with Crippen molar-refractivity contribution in [2.45, 2.75) is 76.8 Å². The minimum atomic E-state index is -1.89. The maximum absolute atomic E-state index is 13.4. The van der Waals surface area contributed by atoms with Crippen LogP contribution in [0.1, 0.15) is 45.4 Å². The summed E-state index contributed by atoms with van der Waals surface area (Å²) in [6, 6.07) is 0. The summed E-state index contributed by atoms with van der Waals surface area (Å²) >= 11 is 0. The van der Waals surface area contributed by atoms with Gasteiger partial charge in [0, 0.05) is 17.3 Å². The lowest BCUT2D eigenvalue weighted by atomic mass is 9.60. The molecule has 5 rings (SSSR count). The molecule has 0 N–H and O–H groups in total. The van der Waals surface area contributed by atoms with Crippen LogP contribution >= 0.6 is 0 Å². The van der Waals surface area contributed by atoms with Gasteiger partial charge in [-0.15, -0.1) is 0 Å². The Morgan fingerprint density at radius 3 is 2.62 bits per heavy atom. The number of methoxy groups -OCH3 is 1. The van der Waals surface area contributed by atoms with Gasteiger partial charge in [0.1, 0.15) is 5.60 Å². The predicted molar refractivity (Wildman–Crippen MR) is 110 cm³/mol. The standard InChI is InChI=1S/C23H34O5Si/c1-13-14-8-9-15-22(12-14,18(13)28-29(4,5)6)16(19(24)26-3)17-21(2)10-7-11-23(15,17)27-20(21)25/h14-18H,1,7-12H2,2-6H3/t14-,15+,16-,17-,18+,21-,22-,23-/m1/s1.